The van der Waals surface area contributed by atoms with Crippen molar-refractivity contribution in [2.24, 2.45) is 5.73 Å². The maximum atomic E-state index is 5.63. The van der Waals surface area contributed by atoms with Gasteiger partial charge >= 0.3 is 0 Å². The van der Waals surface area contributed by atoms with Crippen LogP contribution in [-0.2, 0) is 6.54 Å². The summed E-state index contributed by atoms with van der Waals surface area (Å²) >= 11 is 1.63. The van der Waals surface area contributed by atoms with Crippen molar-refractivity contribution in [1.29, 1.82) is 0 Å². The minimum atomic E-state index is 0.286. The monoisotopic (exact) mass is 310 g/mol. The van der Waals surface area contributed by atoms with Crippen LogP contribution < -0.4 is 15.2 Å². The zero-order valence-corrected chi connectivity index (χ0v) is 12.6. The molecule has 1 aliphatic rings. The molecule has 2 aromatic carbocycles. The number of aromatic nitrogens is 1. The van der Waals surface area contributed by atoms with Crippen molar-refractivity contribution in [3.63, 3.8) is 0 Å². The number of fused-ring (bicyclic) bond motifs is 1. The second-order valence-corrected chi connectivity index (χ2v) is 5.87. The van der Waals surface area contributed by atoms with E-state index in [4.69, 9.17) is 20.2 Å². The zero-order chi connectivity index (χ0) is 14.9. The highest BCUT2D eigenvalue weighted by molar-refractivity contribution is 7.13. The Hall–Kier alpha value is -2.37. The summed E-state index contributed by atoms with van der Waals surface area (Å²) in [6, 6.07) is 14.1. The SMILES string of the molecule is NCc1ccc(-c2nc(-c3ccc4c(c3)OCO4)cs2)cc1. The highest BCUT2D eigenvalue weighted by Gasteiger charge is 2.15. The first-order valence-electron chi connectivity index (χ1n) is 6.98. The summed E-state index contributed by atoms with van der Waals surface area (Å²) < 4.78 is 10.8. The lowest BCUT2D eigenvalue weighted by molar-refractivity contribution is 0.174. The molecule has 0 saturated heterocycles. The Morgan fingerprint density at radius 1 is 1.00 bits per heavy atom. The number of rotatable bonds is 3. The van der Waals surface area contributed by atoms with E-state index in [0.29, 0.717) is 6.54 Å². The Kier molecular flexibility index (Phi) is 3.29. The van der Waals surface area contributed by atoms with E-state index in [1.54, 1.807) is 11.3 Å². The van der Waals surface area contributed by atoms with E-state index in [1.807, 2.05) is 30.3 Å². The van der Waals surface area contributed by atoms with Crippen LogP contribution in [0.15, 0.2) is 47.8 Å². The Labute approximate surface area is 132 Å². The molecule has 0 bridgehead atoms. The number of benzene rings is 2. The predicted molar refractivity (Wildman–Crippen MR) is 87.0 cm³/mol. The van der Waals surface area contributed by atoms with E-state index in [0.717, 1.165) is 38.9 Å². The number of nitrogens with zero attached hydrogens (tertiary/aromatic N) is 1. The van der Waals surface area contributed by atoms with Gasteiger partial charge in [-0.3, -0.25) is 0 Å². The molecule has 1 aromatic heterocycles. The van der Waals surface area contributed by atoms with Gasteiger partial charge in [-0.1, -0.05) is 24.3 Å². The highest BCUT2D eigenvalue weighted by Crippen LogP contribution is 2.37. The summed E-state index contributed by atoms with van der Waals surface area (Å²) in [6.07, 6.45) is 0. The fraction of sp³-hybridized carbons (Fsp3) is 0.118. The van der Waals surface area contributed by atoms with Crippen molar-refractivity contribution >= 4 is 11.3 Å². The number of hydrogen-bond donors (Lipinski definition) is 1. The molecule has 0 unspecified atom stereocenters. The number of nitrogens with two attached hydrogens (primary N) is 1. The normalized spacial score (nSPS) is 12.6. The van der Waals surface area contributed by atoms with Gasteiger partial charge in [0.2, 0.25) is 6.79 Å². The van der Waals surface area contributed by atoms with Gasteiger partial charge in [0.1, 0.15) is 5.01 Å². The van der Waals surface area contributed by atoms with Crippen LogP contribution in [0.3, 0.4) is 0 Å². The topological polar surface area (TPSA) is 57.4 Å². The van der Waals surface area contributed by atoms with Crippen molar-refractivity contribution in [2.75, 3.05) is 6.79 Å². The third kappa shape index (κ3) is 2.34. The Morgan fingerprint density at radius 3 is 2.59 bits per heavy atom. The van der Waals surface area contributed by atoms with Crippen LogP contribution in [0.4, 0.5) is 0 Å². The first kappa shape index (κ1) is 13.3. The molecule has 4 nitrogen and oxygen atoms in total. The van der Waals surface area contributed by atoms with Crippen LogP contribution in [0.2, 0.25) is 0 Å². The standard InChI is InChI=1S/C17H14N2O2S/c18-8-11-1-3-12(4-2-11)17-19-14(9-22-17)13-5-6-15-16(7-13)21-10-20-15/h1-7,9H,8,10,18H2. The van der Waals surface area contributed by atoms with Crippen molar-refractivity contribution in [3.05, 3.63) is 53.4 Å². The molecule has 2 heterocycles. The van der Waals surface area contributed by atoms with Gasteiger partial charge in [0.25, 0.3) is 0 Å². The van der Waals surface area contributed by atoms with E-state index in [1.165, 1.54) is 0 Å². The molecule has 110 valence electrons. The fourth-order valence-corrected chi connectivity index (χ4v) is 3.21. The van der Waals surface area contributed by atoms with E-state index in [9.17, 15) is 0 Å². The van der Waals surface area contributed by atoms with Gasteiger partial charge in [-0.25, -0.2) is 4.98 Å². The summed E-state index contributed by atoms with van der Waals surface area (Å²) in [5.41, 5.74) is 9.83. The van der Waals surface area contributed by atoms with Gasteiger partial charge in [0.05, 0.1) is 5.69 Å². The van der Waals surface area contributed by atoms with Crippen LogP contribution >= 0.6 is 11.3 Å². The number of ether oxygens (including phenoxy) is 2. The third-order valence-electron chi connectivity index (χ3n) is 3.61. The molecule has 0 spiro atoms. The minimum absolute atomic E-state index is 0.286. The molecule has 1 aliphatic heterocycles. The van der Waals surface area contributed by atoms with Gasteiger partial charge in [-0.05, 0) is 23.8 Å². The molecule has 0 fully saturated rings. The molecule has 0 radical (unpaired) electrons. The summed E-state index contributed by atoms with van der Waals surface area (Å²) in [4.78, 5) is 4.72. The first-order valence-corrected chi connectivity index (χ1v) is 7.86. The second kappa shape index (κ2) is 5.44. The fourth-order valence-electron chi connectivity index (χ4n) is 2.38. The average molecular weight is 310 g/mol. The lowest BCUT2D eigenvalue weighted by atomic mass is 10.1. The van der Waals surface area contributed by atoms with Crippen LogP contribution in [-0.4, -0.2) is 11.8 Å². The van der Waals surface area contributed by atoms with E-state index in [2.05, 4.69) is 17.5 Å². The van der Waals surface area contributed by atoms with Gasteiger partial charge in [-0.2, -0.15) is 0 Å². The molecular formula is C17H14N2O2S. The summed E-state index contributed by atoms with van der Waals surface area (Å²) in [5, 5.41) is 3.06. The number of hydrogen-bond acceptors (Lipinski definition) is 5. The first-order chi connectivity index (χ1) is 10.8. The lowest BCUT2D eigenvalue weighted by Gasteiger charge is -2.00. The van der Waals surface area contributed by atoms with Crippen LogP contribution in [0.5, 0.6) is 11.5 Å². The van der Waals surface area contributed by atoms with Gasteiger partial charge < -0.3 is 15.2 Å². The molecule has 0 amide bonds. The van der Waals surface area contributed by atoms with Crippen molar-refractivity contribution < 1.29 is 9.47 Å². The highest BCUT2D eigenvalue weighted by atomic mass is 32.1. The largest absolute Gasteiger partial charge is 0.454 e. The lowest BCUT2D eigenvalue weighted by Crippen LogP contribution is -1.95. The quantitative estimate of drug-likeness (QED) is 0.802. The molecule has 0 atom stereocenters. The number of thiazole rings is 1. The summed E-state index contributed by atoms with van der Waals surface area (Å²) in [6.45, 7) is 0.842. The maximum Gasteiger partial charge on any atom is 0.231 e. The Morgan fingerprint density at radius 2 is 1.77 bits per heavy atom. The van der Waals surface area contributed by atoms with E-state index < -0.39 is 0 Å². The predicted octanol–water partition coefficient (Wildman–Crippen LogP) is 3.66. The Bertz CT molecular complexity index is 812. The molecule has 5 heteroatoms. The van der Waals surface area contributed by atoms with Crippen molar-refractivity contribution in [3.8, 4) is 33.3 Å². The van der Waals surface area contributed by atoms with E-state index >= 15 is 0 Å². The smallest absolute Gasteiger partial charge is 0.231 e. The molecule has 2 N–H and O–H groups in total. The molecule has 22 heavy (non-hydrogen) atoms. The molecular weight excluding hydrogens is 296 g/mol. The van der Waals surface area contributed by atoms with Crippen LogP contribution in [0.1, 0.15) is 5.56 Å². The van der Waals surface area contributed by atoms with Crippen molar-refractivity contribution in [2.45, 2.75) is 6.54 Å². The third-order valence-corrected chi connectivity index (χ3v) is 4.50. The van der Waals surface area contributed by atoms with Gasteiger partial charge in [0.15, 0.2) is 11.5 Å². The molecule has 0 saturated carbocycles. The Balaban J connectivity index is 1.65. The molecule has 0 aliphatic carbocycles. The minimum Gasteiger partial charge on any atom is -0.454 e. The second-order valence-electron chi connectivity index (χ2n) is 5.01. The van der Waals surface area contributed by atoms with Crippen LogP contribution in [0, 0.1) is 0 Å². The summed E-state index contributed by atoms with van der Waals surface area (Å²) in [5.74, 6) is 1.57. The molecule has 4 rings (SSSR count). The van der Waals surface area contributed by atoms with Gasteiger partial charge in [0, 0.05) is 23.1 Å². The van der Waals surface area contributed by atoms with Gasteiger partial charge in [-0.15, -0.1) is 11.3 Å². The van der Waals surface area contributed by atoms with Crippen LogP contribution in [0.25, 0.3) is 21.8 Å². The van der Waals surface area contributed by atoms with E-state index in [-0.39, 0.29) is 6.79 Å². The zero-order valence-electron chi connectivity index (χ0n) is 11.8. The van der Waals surface area contributed by atoms with Crippen molar-refractivity contribution in [1.82, 2.24) is 4.98 Å². The summed E-state index contributed by atoms with van der Waals surface area (Å²) in [7, 11) is 0. The maximum absolute atomic E-state index is 5.63. The average Bonchev–Trinajstić information content (AvgIpc) is 3.23. The molecule has 3 aromatic rings.